The van der Waals surface area contributed by atoms with Crippen LogP contribution >= 0.6 is 0 Å². The number of rotatable bonds is 6. The normalized spacial score (nSPS) is 11.7. The topological polar surface area (TPSA) is 73.9 Å². The van der Waals surface area contributed by atoms with Gasteiger partial charge in [0.2, 0.25) is 0 Å². The summed E-state index contributed by atoms with van der Waals surface area (Å²) in [5.41, 5.74) is 0.838. The SMILES string of the molecule is CC(C)N(CCCO)Cc1cc(=O)oc2cc(O)ccc12. The maximum Gasteiger partial charge on any atom is 0.336 e. The number of aromatic hydroxyl groups is 1. The number of nitrogens with zero attached hydrogens (tertiary/aromatic N) is 1. The zero-order valence-corrected chi connectivity index (χ0v) is 12.4. The molecule has 1 aromatic carbocycles. The van der Waals surface area contributed by atoms with E-state index in [2.05, 4.69) is 18.7 Å². The van der Waals surface area contributed by atoms with Gasteiger partial charge in [0.05, 0.1) is 0 Å². The molecule has 1 heterocycles. The van der Waals surface area contributed by atoms with Crippen molar-refractivity contribution in [1.82, 2.24) is 4.90 Å². The molecule has 0 bridgehead atoms. The fourth-order valence-electron chi connectivity index (χ4n) is 2.36. The van der Waals surface area contributed by atoms with Crippen molar-refractivity contribution in [3.8, 4) is 5.75 Å². The van der Waals surface area contributed by atoms with Crippen molar-refractivity contribution >= 4 is 11.0 Å². The van der Waals surface area contributed by atoms with E-state index >= 15 is 0 Å². The van der Waals surface area contributed by atoms with E-state index in [4.69, 9.17) is 9.52 Å². The summed E-state index contributed by atoms with van der Waals surface area (Å²) in [6, 6.07) is 6.59. The molecule has 2 N–H and O–H groups in total. The maximum absolute atomic E-state index is 11.7. The highest BCUT2D eigenvalue weighted by atomic mass is 16.4. The summed E-state index contributed by atoms with van der Waals surface area (Å²) < 4.78 is 5.13. The number of fused-ring (bicyclic) bond motifs is 1. The van der Waals surface area contributed by atoms with Gasteiger partial charge in [-0.25, -0.2) is 4.79 Å². The minimum Gasteiger partial charge on any atom is -0.508 e. The summed E-state index contributed by atoms with van der Waals surface area (Å²) in [6.07, 6.45) is 0.693. The smallest absolute Gasteiger partial charge is 0.336 e. The Hall–Kier alpha value is -1.85. The van der Waals surface area contributed by atoms with E-state index in [0.29, 0.717) is 24.6 Å². The van der Waals surface area contributed by atoms with Crippen LogP contribution in [-0.2, 0) is 6.54 Å². The molecule has 0 aliphatic rings. The van der Waals surface area contributed by atoms with Gasteiger partial charge in [0.25, 0.3) is 0 Å². The van der Waals surface area contributed by atoms with Crippen LogP contribution in [0.4, 0.5) is 0 Å². The Bertz CT molecular complexity index is 663. The van der Waals surface area contributed by atoms with Gasteiger partial charge < -0.3 is 14.6 Å². The second-order valence-corrected chi connectivity index (χ2v) is 5.41. The highest BCUT2D eigenvalue weighted by molar-refractivity contribution is 5.81. The molecular weight excluding hydrogens is 270 g/mol. The fraction of sp³-hybridized carbons (Fsp3) is 0.438. The van der Waals surface area contributed by atoms with Crippen molar-refractivity contribution in [3.05, 3.63) is 40.2 Å². The molecule has 2 aromatic rings. The highest BCUT2D eigenvalue weighted by Gasteiger charge is 2.13. The van der Waals surface area contributed by atoms with Crippen LogP contribution in [0.1, 0.15) is 25.8 Å². The monoisotopic (exact) mass is 291 g/mol. The lowest BCUT2D eigenvalue weighted by Crippen LogP contribution is -2.32. The van der Waals surface area contributed by atoms with Gasteiger partial charge in [0.15, 0.2) is 0 Å². The molecule has 0 atom stereocenters. The summed E-state index contributed by atoms with van der Waals surface area (Å²) in [4.78, 5) is 13.9. The standard InChI is InChI=1S/C16H21NO4/c1-11(2)17(6-3-7-18)10-12-8-16(20)21-15-9-13(19)4-5-14(12)15/h4-5,8-9,11,18-19H,3,6-7,10H2,1-2H3. The highest BCUT2D eigenvalue weighted by Crippen LogP contribution is 2.23. The molecule has 0 radical (unpaired) electrons. The number of aliphatic hydroxyl groups excluding tert-OH is 1. The maximum atomic E-state index is 11.7. The lowest BCUT2D eigenvalue weighted by molar-refractivity contribution is 0.185. The fourth-order valence-corrected chi connectivity index (χ4v) is 2.36. The van der Waals surface area contributed by atoms with Crippen LogP contribution in [0.25, 0.3) is 11.0 Å². The first-order chi connectivity index (χ1) is 10.0. The average Bonchev–Trinajstić information content (AvgIpc) is 2.42. The number of phenolic OH excluding ortho intramolecular Hbond substituents is 1. The Morgan fingerprint density at radius 3 is 2.71 bits per heavy atom. The molecule has 0 spiro atoms. The summed E-state index contributed by atoms with van der Waals surface area (Å²) in [5.74, 6) is 0.0730. The molecule has 0 amide bonds. The summed E-state index contributed by atoms with van der Waals surface area (Å²) in [6.45, 7) is 5.67. The van der Waals surface area contributed by atoms with E-state index in [-0.39, 0.29) is 12.4 Å². The molecule has 2 rings (SSSR count). The molecule has 0 saturated carbocycles. The van der Waals surface area contributed by atoms with E-state index in [9.17, 15) is 9.90 Å². The largest absolute Gasteiger partial charge is 0.508 e. The lowest BCUT2D eigenvalue weighted by Gasteiger charge is -2.26. The van der Waals surface area contributed by atoms with Crippen LogP contribution in [-0.4, -0.2) is 34.3 Å². The van der Waals surface area contributed by atoms with E-state index in [1.54, 1.807) is 12.1 Å². The van der Waals surface area contributed by atoms with Crippen LogP contribution in [0.5, 0.6) is 5.75 Å². The van der Waals surface area contributed by atoms with Gasteiger partial charge in [-0.15, -0.1) is 0 Å². The molecule has 0 aliphatic heterocycles. The molecule has 21 heavy (non-hydrogen) atoms. The first-order valence-electron chi connectivity index (χ1n) is 7.12. The third-order valence-corrected chi connectivity index (χ3v) is 3.52. The number of hydrogen-bond donors (Lipinski definition) is 2. The molecule has 5 heteroatoms. The minimum atomic E-state index is -0.422. The van der Waals surface area contributed by atoms with Gasteiger partial charge in [-0.2, -0.15) is 0 Å². The van der Waals surface area contributed by atoms with Gasteiger partial charge in [-0.1, -0.05) is 0 Å². The summed E-state index contributed by atoms with van der Waals surface area (Å²) in [7, 11) is 0. The van der Waals surface area contributed by atoms with Crippen LogP contribution in [0, 0.1) is 0 Å². The average molecular weight is 291 g/mol. The van der Waals surface area contributed by atoms with Crippen molar-refractivity contribution in [2.24, 2.45) is 0 Å². The quantitative estimate of drug-likeness (QED) is 0.797. The Labute approximate surface area is 123 Å². The van der Waals surface area contributed by atoms with Crippen molar-refractivity contribution < 1.29 is 14.6 Å². The van der Waals surface area contributed by atoms with Crippen molar-refractivity contribution in [2.45, 2.75) is 32.9 Å². The van der Waals surface area contributed by atoms with Crippen LogP contribution in [0.2, 0.25) is 0 Å². The zero-order chi connectivity index (χ0) is 15.4. The number of aliphatic hydroxyl groups is 1. The van der Waals surface area contributed by atoms with Crippen LogP contribution in [0.15, 0.2) is 33.5 Å². The first kappa shape index (κ1) is 15.5. The van der Waals surface area contributed by atoms with Gasteiger partial charge in [0.1, 0.15) is 11.3 Å². The third kappa shape index (κ3) is 3.83. The Kier molecular flexibility index (Phi) is 4.98. The van der Waals surface area contributed by atoms with Crippen molar-refractivity contribution in [1.29, 1.82) is 0 Å². The predicted octanol–water partition coefficient (Wildman–Crippen LogP) is 2.09. The Morgan fingerprint density at radius 1 is 1.29 bits per heavy atom. The molecule has 1 aromatic heterocycles. The first-order valence-corrected chi connectivity index (χ1v) is 7.12. The van der Waals surface area contributed by atoms with Gasteiger partial charge in [-0.05, 0) is 38.0 Å². The van der Waals surface area contributed by atoms with E-state index in [1.807, 2.05) is 0 Å². The van der Waals surface area contributed by atoms with E-state index < -0.39 is 5.63 Å². The molecular formula is C16H21NO4. The second-order valence-electron chi connectivity index (χ2n) is 5.41. The minimum absolute atomic E-state index is 0.0730. The Balaban J connectivity index is 2.38. The van der Waals surface area contributed by atoms with Crippen molar-refractivity contribution in [3.63, 3.8) is 0 Å². The summed E-state index contributed by atoms with van der Waals surface area (Å²) in [5, 5.41) is 19.3. The van der Waals surface area contributed by atoms with Gasteiger partial charge in [-0.3, -0.25) is 4.90 Å². The number of benzene rings is 1. The summed E-state index contributed by atoms with van der Waals surface area (Å²) >= 11 is 0. The van der Waals surface area contributed by atoms with Crippen LogP contribution < -0.4 is 5.63 Å². The lowest BCUT2D eigenvalue weighted by atomic mass is 10.1. The van der Waals surface area contributed by atoms with Gasteiger partial charge in [0, 0.05) is 43.3 Å². The molecule has 5 nitrogen and oxygen atoms in total. The molecule has 0 aliphatic carbocycles. The van der Waals surface area contributed by atoms with Crippen molar-refractivity contribution in [2.75, 3.05) is 13.2 Å². The zero-order valence-electron chi connectivity index (χ0n) is 12.4. The van der Waals surface area contributed by atoms with Gasteiger partial charge >= 0.3 is 5.63 Å². The van der Waals surface area contributed by atoms with Crippen LogP contribution in [0.3, 0.4) is 0 Å². The predicted molar refractivity (Wildman–Crippen MR) is 81.4 cm³/mol. The van der Waals surface area contributed by atoms with E-state index in [0.717, 1.165) is 17.5 Å². The molecule has 0 fully saturated rings. The Morgan fingerprint density at radius 2 is 2.05 bits per heavy atom. The third-order valence-electron chi connectivity index (χ3n) is 3.52. The molecule has 0 unspecified atom stereocenters. The molecule has 114 valence electrons. The number of hydrogen-bond acceptors (Lipinski definition) is 5. The number of phenols is 1. The second kappa shape index (κ2) is 6.74. The molecule has 0 saturated heterocycles. The van der Waals surface area contributed by atoms with E-state index in [1.165, 1.54) is 12.1 Å².